The number of benzene rings is 3. The molecule has 3 aromatic rings. The summed E-state index contributed by atoms with van der Waals surface area (Å²) in [7, 11) is 0. The van der Waals surface area contributed by atoms with Gasteiger partial charge < -0.3 is 0 Å². The fourth-order valence-corrected chi connectivity index (χ4v) is 6.59. The first-order chi connectivity index (χ1) is 17.8. The Balaban J connectivity index is 1.52. The van der Waals surface area contributed by atoms with Crippen molar-refractivity contribution in [3.05, 3.63) is 130 Å². The second-order valence-electron chi connectivity index (χ2n) is 11.5. The number of nitrogens with zero attached hydrogens (tertiary/aromatic N) is 1. The number of rotatable bonds is 4. The molecule has 0 aliphatic heterocycles. The summed E-state index contributed by atoms with van der Waals surface area (Å²) in [4.78, 5) is 5.02. The van der Waals surface area contributed by atoms with E-state index >= 15 is 0 Å². The molecule has 1 atom stereocenters. The molecule has 1 heteroatoms. The third kappa shape index (κ3) is 3.80. The molecule has 0 fully saturated rings. The van der Waals surface area contributed by atoms with Crippen LogP contribution in [-0.2, 0) is 11.8 Å². The van der Waals surface area contributed by atoms with Crippen LogP contribution in [0.15, 0.2) is 102 Å². The quantitative estimate of drug-likeness (QED) is 0.329. The van der Waals surface area contributed by atoms with Crippen LogP contribution in [0.3, 0.4) is 0 Å². The Labute approximate surface area is 221 Å². The molecule has 0 amide bonds. The third-order valence-electron chi connectivity index (χ3n) is 8.35. The SMILES string of the molecule is C=C(C)N=C(/C=C(\C)c1cccc2c1C1=C(C=CC(C)C1)C2)c1cccc2c1-c1ccccc1C2(C)C. The molecule has 1 nitrogen and oxygen atoms in total. The molecule has 3 aromatic carbocycles. The highest BCUT2D eigenvalue weighted by Crippen LogP contribution is 2.50. The van der Waals surface area contributed by atoms with Crippen molar-refractivity contribution < 1.29 is 0 Å². The largest absolute Gasteiger partial charge is 0.254 e. The van der Waals surface area contributed by atoms with Crippen molar-refractivity contribution in [1.29, 1.82) is 0 Å². The highest BCUT2D eigenvalue weighted by atomic mass is 14.7. The van der Waals surface area contributed by atoms with Crippen molar-refractivity contribution in [2.75, 3.05) is 0 Å². The highest BCUT2D eigenvalue weighted by Gasteiger charge is 2.37. The molecule has 3 aliphatic carbocycles. The van der Waals surface area contributed by atoms with Gasteiger partial charge in [-0.1, -0.05) is 100 Å². The van der Waals surface area contributed by atoms with Gasteiger partial charge in [0, 0.05) is 16.7 Å². The van der Waals surface area contributed by atoms with E-state index in [1.54, 1.807) is 0 Å². The first-order valence-corrected chi connectivity index (χ1v) is 13.4. The van der Waals surface area contributed by atoms with Crippen LogP contribution in [-0.4, -0.2) is 5.71 Å². The maximum atomic E-state index is 5.02. The highest BCUT2D eigenvalue weighted by molar-refractivity contribution is 6.17. The smallest absolute Gasteiger partial charge is 0.0714 e. The normalized spacial score (nSPS) is 19.4. The molecule has 0 spiro atoms. The lowest BCUT2D eigenvalue weighted by molar-refractivity contribution is 0.660. The van der Waals surface area contributed by atoms with E-state index in [0.29, 0.717) is 5.92 Å². The van der Waals surface area contributed by atoms with E-state index in [-0.39, 0.29) is 5.41 Å². The molecule has 0 heterocycles. The first kappa shape index (κ1) is 23.7. The molecule has 0 saturated carbocycles. The fraction of sp³-hybridized carbons (Fsp3) is 0.250. The van der Waals surface area contributed by atoms with E-state index in [4.69, 9.17) is 4.99 Å². The van der Waals surface area contributed by atoms with Gasteiger partial charge in [-0.25, -0.2) is 0 Å². The van der Waals surface area contributed by atoms with Crippen LogP contribution in [0.1, 0.15) is 74.4 Å². The molecule has 3 aliphatic rings. The van der Waals surface area contributed by atoms with Gasteiger partial charge in [0.15, 0.2) is 0 Å². The number of aliphatic imine (C=N–C) groups is 1. The van der Waals surface area contributed by atoms with Gasteiger partial charge >= 0.3 is 0 Å². The predicted molar refractivity (Wildman–Crippen MR) is 159 cm³/mol. The average Bonchev–Trinajstić information content (AvgIpc) is 3.36. The lowest BCUT2D eigenvalue weighted by Crippen LogP contribution is -2.15. The Morgan fingerprint density at radius 2 is 1.65 bits per heavy atom. The average molecular weight is 482 g/mol. The van der Waals surface area contributed by atoms with Gasteiger partial charge in [-0.2, -0.15) is 0 Å². The molecule has 0 saturated heterocycles. The van der Waals surface area contributed by atoms with Crippen molar-refractivity contribution in [3.63, 3.8) is 0 Å². The Morgan fingerprint density at radius 3 is 2.46 bits per heavy atom. The summed E-state index contributed by atoms with van der Waals surface area (Å²) in [5, 5.41) is 0. The van der Waals surface area contributed by atoms with E-state index in [2.05, 4.69) is 113 Å². The predicted octanol–water partition coefficient (Wildman–Crippen LogP) is 9.32. The Hall–Kier alpha value is -3.71. The molecule has 1 unspecified atom stereocenters. The summed E-state index contributed by atoms with van der Waals surface area (Å²) in [6.07, 6.45) is 9.16. The van der Waals surface area contributed by atoms with Crippen LogP contribution in [0.2, 0.25) is 0 Å². The van der Waals surface area contributed by atoms with Crippen LogP contribution in [0.4, 0.5) is 0 Å². The van der Waals surface area contributed by atoms with Crippen LogP contribution >= 0.6 is 0 Å². The van der Waals surface area contributed by atoms with Crippen LogP contribution in [0, 0.1) is 5.92 Å². The Bertz CT molecular complexity index is 1580. The zero-order chi connectivity index (χ0) is 25.9. The first-order valence-electron chi connectivity index (χ1n) is 13.4. The van der Waals surface area contributed by atoms with Gasteiger partial charge in [-0.05, 0) is 94.3 Å². The van der Waals surface area contributed by atoms with Gasteiger partial charge in [-0.15, -0.1) is 0 Å². The maximum Gasteiger partial charge on any atom is 0.0714 e. The summed E-state index contributed by atoms with van der Waals surface area (Å²) in [5.74, 6) is 0.581. The minimum atomic E-state index is -0.0383. The van der Waals surface area contributed by atoms with Gasteiger partial charge in [0.05, 0.1) is 5.71 Å². The summed E-state index contributed by atoms with van der Waals surface area (Å²) in [6, 6.07) is 22.3. The van der Waals surface area contributed by atoms with E-state index in [1.807, 2.05) is 6.92 Å². The molecule has 6 rings (SSSR count). The van der Waals surface area contributed by atoms with Crippen molar-refractivity contribution in [1.82, 2.24) is 0 Å². The maximum absolute atomic E-state index is 5.02. The number of hydrogen-bond acceptors (Lipinski definition) is 1. The molecule has 184 valence electrons. The van der Waals surface area contributed by atoms with Crippen molar-refractivity contribution >= 4 is 16.9 Å². The lowest BCUT2D eigenvalue weighted by Gasteiger charge is -2.21. The van der Waals surface area contributed by atoms with Crippen molar-refractivity contribution in [2.24, 2.45) is 10.9 Å². The number of allylic oxidation sites excluding steroid dienone is 7. The molecule has 0 bridgehead atoms. The standard InChI is InChI=1S/C36H35N/c1-22(2)37-33(29-14-10-16-32-35(29)28-12-7-8-15-31(28)36(32,5)6)20-24(4)27-13-9-11-26-21-25-18-17-23(3)19-30(25)34(26)27/h7-18,20,23H,1,19,21H2,2-6H3/b24-20+,37-33?. The topological polar surface area (TPSA) is 12.4 Å². The van der Waals surface area contributed by atoms with E-state index in [0.717, 1.165) is 24.3 Å². The molecule has 37 heavy (non-hydrogen) atoms. The molecule has 0 radical (unpaired) electrons. The second-order valence-corrected chi connectivity index (χ2v) is 11.5. The minimum absolute atomic E-state index is 0.0383. The van der Waals surface area contributed by atoms with Crippen molar-refractivity contribution in [2.45, 2.75) is 52.9 Å². The van der Waals surface area contributed by atoms with E-state index in [9.17, 15) is 0 Å². The molecular formula is C36H35N. The summed E-state index contributed by atoms with van der Waals surface area (Å²) < 4.78 is 0. The molecule has 0 N–H and O–H groups in total. The van der Waals surface area contributed by atoms with Gasteiger partial charge in [0.1, 0.15) is 0 Å². The monoisotopic (exact) mass is 481 g/mol. The number of hydrogen-bond donors (Lipinski definition) is 0. The zero-order valence-electron chi connectivity index (χ0n) is 22.7. The van der Waals surface area contributed by atoms with Crippen LogP contribution < -0.4 is 0 Å². The summed E-state index contributed by atoms with van der Waals surface area (Å²) >= 11 is 0. The zero-order valence-corrected chi connectivity index (χ0v) is 22.7. The Morgan fingerprint density at radius 1 is 0.919 bits per heavy atom. The molecular weight excluding hydrogens is 446 g/mol. The van der Waals surface area contributed by atoms with Crippen molar-refractivity contribution in [3.8, 4) is 11.1 Å². The van der Waals surface area contributed by atoms with Gasteiger partial charge in [-0.3, -0.25) is 4.99 Å². The van der Waals surface area contributed by atoms with Gasteiger partial charge in [0.25, 0.3) is 0 Å². The molecule has 0 aromatic heterocycles. The Kier molecular flexibility index (Phi) is 5.57. The lowest BCUT2D eigenvalue weighted by atomic mass is 9.82. The fourth-order valence-electron chi connectivity index (χ4n) is 6.59. The minimum Gasteiger partial charge on any atom is -0.254 e. The summed E-state index contributed by atoms with van der Waals surface area (Å²) in [6.45, 7) is 15.4. The number of fused-ring (bicyclic) bond motifs is 5. The van der Waals surface area contributed by atoms with E-state index in [1.165, 1.54) is 61.2 Å². The van der Waals surface area contributed by atoms with Gasteiger partial charge in [0.2, 0.25) is 0 Å². The summed E-state index contributed by atoms with van der Waals surface area (Å²) in [5.41, 5.74) is 16.8. The second kappa shape index (κ2) is 8.70. The van der Waals surface area contributed by atoms with E-state index < -0.39 is 0 Å². The third-order valence-corrected chi connectivity index (χ3v) is 8.35. The van der Waals surface area contributed by atoms with Crippen LogP contribution in [0.25, 0.3) is 22.3 Å². The van der Waals surface area contributed by atoms with Crippen LogP contribution in [0.5, 0.6) is 0 Å².